The van der Waals surface area contributed by atoms with Crippen molar-refractivity contribution in [2.24, 2.45) is 0 Å². The third-order valence-electron chi connectivity index (χ3n) is 4.95. The van der Waals surface area contributed by atoms with E-state index >= 15 is 0 Å². The summed E-state index contributed by atoms with van der Waals surface area (Å²) < 4.78 is 49.1. The van der Waals surface area contributed by atoms with Crippen molar-refractivity contribution in [3.63, 3.8) is 0 Å². The fourth-order valence-electron chi connectivity index (χ4n) is 3.20. The molecule has 1 aliphatic heterocycles. The molecule has 0 saturated heterocycles. The van der Waals surface area contributed by atoms with Gasteiger partial charge >= 0.3 is 0 Å². The average Bonchev–Trinajstić information content (AvgIpc) is 3.57. The topological polar surface area (TPSA) is 104 Å². The van der Waals surface area contributed by atoms with Crippen LogP contribution in [0, 0.1) is 0 Å². The van der Waals surface area contributed by atoms with E-state index in [9.17, 15) is 8.42 Å². The van der Waals surface area contributed by atoms with Crippen LogP contribution >= 0.6 is 11.3 Å². The van der Waals surface area contributed by atoms with Crippen LogP contribution in [0.1, 0.15) is 0 Å². The van der Waals surface area contributed by atoms with Crippen LogP contribution in [-0.4, -0.2) is 39.5 Å². The van der Waals surface area contributed by atoms with Gasteiger partial charge in [0.2, 0.25) is 12.6 Å². The van der Waals surface area contributed by atoms with Gasteiger partial charge in [-0.1, -0.05) is 5.16 Å². The molecular formula is C21H17N3O6S2. The summed E-state index contributed by atoms with van der Waals surface area (Å²) in [4.78, 5) is 4.86. The lowest BCUT2D eigenvalue weighted by Crippen LogP contribution is -2.26. The van der Waals surface area contributed by atoms with Crippen LogP contribution in [0.25, 0.3) is 22.2 Å². The average molecular weight is 472 g/mol. The van der Waals surface area contributed by atoms with Crippen molar-refractivity contribution in [3.8, 4) is 39.4 Å². The van der Waals surface area contributed by atoms with E-state index in [0.29, 0.717) is 39.2 Å². The molecule has 2 aromatic heterocycles. The zero-order chi connectivity index (χ0) is 22.3. The Labute approximate surface area is 187 Å². The van der Waals surface area contributed by atoms with E-state index in [0.717, 1.165) is 0 Å². The Morgan fingerprint density at radius 1 is 1.06 bits per heavy atom. The van der Waals surface area contributed by atoms with Crippen molar-refractivity contribution in [1.29, 1.82) is 0 Å². The summed E-state index contributed by atoms with van der Waals surface area (Å²) in [6.45, 7) is 0.161. The standard InChI is InChI=1S/C21H17N3O6S2/c1-24(14-4-6-15(27-2)7-5-14)32(25,26)18-9-10-31-19(18)21-22-20(23-30-21)13-3-8-16-17(11-13)29-12-28-16/h3-11H,12H2,1-2H3. The molecule has 0 saturated carbocycles. The Bertz CT molecular complexity index is 1380. The molecule has 1 aliphatic rings. The first-order valence-electron chi connectivity index (χ1n) is 9.42. The second-order valence-electron chi connectivity index (χ2n) is 6.78. The van der Waals surface area contributed by atoms with Gasteiger partial charge in [-0.2, -0.15) is 4.98 Å². The zero-order valence-electron chi connectivity index (χ0n) is 17.0. The van der Waals surface area contributed by atoms with E-state index in [1.807, 2.05) is 0 Å². The third kappa shape index (κ3) is 3.45. The smallest absolute Gasteiger partial charge is 0.269 e. The maximum Gasteiger partial charge on any atom is 0.269 e. The SMILES string of the molecule is COc1ccc(N(C)S(=O)(=O)c2ccsc2-c2nc(-c3ccc4c(c3)OCO4)no2)cc1. The maximum absolute atomic E-state index is 13.3. The predicted octanol–water partition coefficient (Wildman–Crippen LogP) is 4.03. The monoisotopic (exact) mass is 471 g/mol. The molecule has 5 rings (SSSR count). The van der Waals surface area contributed by atoms with Gasteiger partial charge < -0.3 is 18.7 Å². The van der Waals surface area contributed by atoms with E-state index in [2.05, 4.69) is 10.1 Å². The van der Waals surface area contributed by atoms with Gasteiger partial charge in [-0.25, -0.2) is 8.42 Å². The highest BCUT2D eigenvalue weighted by molar-refractivity contribution is 7.93. The highest BCUT2D eigenvalue weighted by Gasteiger charge is 2.29. The van der Waals surface area contributed by atoms with Crippen molar-refractivity contribution < 1.29 is 27.2 Å². The van der Waals surface area contributed by atoms with Gasteiger partial charge in [-0.05, 0) is 53.9 Å². The van der Waals surface area contributed by atoms with Crippen molar-refractivity contribution in [2.45, 2.75) is 4.90 Å². The van der Waals surface area contributed by atoms with Crippen LogP contribution in [0.5, 0.6) is 17.2 Å². The summed E-state index contributed by atoms with van der Waals surface area (Å²) in [7, 11) is -0.830. The van der Waals surface area contributed by atoms with Gasteiger partial charge in [-0.15, -0.1) is 11.3 Å². The van der Waals surface area contributed by atoms with Crippen LogP contribution in [0.3, 0.4) is 0 Å². The van der Waals surface area contributed by atoms with E-state index in [1.54, 1.807) is 55.0 Å². The van der Waals surface area contributed by atoms with Gasteiger partial charge in [0.25, 0.3) is 15.9 Å². The van der Waals surface area contributed by atoms with Crippen molar-refractivity contribution >= 4 is 27.0 Å². The minimum absolute atomic E-state index is 0.0849. The molecule has 0 radical (unpaired) electrons. The number of hydrogen-bond donors (Lipinski definition) is 0. The van der Waals surface area contributed by atoms with Gasteiger partial charge in [0.1, 0.15) is 15.5 Å². The molecule has 0 spiro atoms. The van der Waals surface area contributed by atoms with E-state index in [4.69, 9.17) is 18.7 Å². The first-order valence-corrected chi connectivity index (χ1v) is 11.7. The maximum atomic E-state index is 13.3. The number of hydrogen-bond acceptors (Lipinski definition) is 9. The second-order valence-corrected chi connectivity index (χ2v) is 9.63. The van der Waals surface area contributed by atoms with Gasteiger partial charge in [-0.3, -0.25) is 4.31 Å². The lowest BCUT2D eigenvalue weighted by molar-refractivity contribution is 0.174. The molecule has 0 unspecified atom stereocenters. The van der Waals surface area contributed by atoms with E-state index < -0.39 is 10.0 Å². The molecule has 0 N–H and O–H groups in total. The summed E-state index contributed by atoms with van der Waals surface area (Å²) in [5, 5.41) is 5.69. The molecule has 3 heterocycles. The molecule has 0 atom stereocenters. The van der Waals surface area contributed by atoms with Crippen LogP contribution in [0.4, 0.5) is 5.69 Å². The number of nitrogens with zero attached hydrogens (tertiary/aromatic N) is 3. The molecule has 11 heteroatoms. The molecular weight excluding hydrogens is 454 g/mol. The van der Waals surface area contributed by atoms with Crippen LogP contribution in [0.15, 0.2) is 63.3 Å². The number of methoxy groups -OCH3 is 1. The number of sulfonamides is 1. The highest BCUT2D eigenvalue weighted by Crippen LogP contribution is 2.38. The van der Waals surface area contributed by atoms with Crippen LogP contribution in [0.2, 0.25) is 0 Å². The zero-order valence-corrected chi connectivity index (χ0v) is 18.6. The lowest BCUT2D eigenvalue weighted by Gasteiger charge is -2.19. The summed E-state index contributed by atoms with van der Waals surface area (Å²) in [5.74, 6) is 2.31. The largest absolute Gasteiger partial charge is 0.497 e. The third-order valence-corrected chi connectivity index (χ3v) is 7.81. The minimum Gasteiger partial charge on any atom is -0.497 e. The molecule has 9 nitrogen and oxygen atoms in total. The normalized spacial score (nSPS) is 12.7. The van der Waals surface area contributed by atoms with Crippen molar-refractivity contribution in [1.82, 2.24) is 10.1 Å². The first-order chi connectivity index (χ1) is 15.5. The Morgan fingerprint density at radius 3 is 2.62 bits per heavy atom. The molecule has 164 valence electrons. The molecule has 0 aliphatic carbocycles. The Morgan fingerprint density at radius 2 is 1.84 bits per heavy atom. The summed E-state index contributed by atoms with van der Waals surface area (Å²) in [6.07, 6.45) is 0. The fourth-order valence-corrected chi connectivity index (χ4v) is 5.71. The van der Waals surface area contributed by atoms with Crippen molar-refractivity contribution in [2.75, 3.05) is 25.3 Å². The van der Waals surface area contributed by atoms with Gasteiger partial charge in [0.05, 0.1) is 12.8 Å². The Kier molecular flexibility index (Phi) is 4.98. The number of thiophene rings is 1. The van der Waals surface area contributed by atoms with Gasteiger partial charge in [0, 0.05) is 12.6 Å². The number of aromatic nitrogens is 2. The fraction of sp³-hybridized carbons (Fsp3) is 0.143. The number of rotatable bonds is 6. The van der Waals surface area contributed by atoms with Crippen LogP contribution < -0.4 is 18.5 Å². The van der Waals surface area contributed by atoms with Gasteiger partial charge in [0.15, 0.2) is 11.5 Å². The van der Waals surface area contributed by atoms with E-state index in [-0.39, 0.29) is 17.6 Å². The number of anilines is 1. The molecule has 0 amide bonds. The Balaban J connectivity index is 1.47. The number of fused-ring (bicyclic) bond motifs is 1. The number of ether oxygens (including phenoxy) is 3. The lowest BCUT2D eigenvalue weighted by atomic mass is 10.2. The number of benzene rings is 2. The molecule has 32 heavy (non-hydrogen) atoms. The summed E-state index contributed by atoms with van der Waals surface area (Å²) >= 11 is 1.21. The molecule has 0 fully saturated rings. The molecule has 4 aromatic rings. The highest BCUT2D eigenvalue weighted by atomic mass is 32.2. The summed E-state index contributed by atoms with van der Waals surface area (Å²) in [6, 6.07) is 13.6. The Hall–Kier alpha value is -3.57. The minimum atomic E-state index is -3.87. The second kappa shape index (κ2) is 7.84. The molecule has 2 aromatic carbocycles. The van der Waals surface area contributed by atoms with E-state index in [1.165, 1.54) is 28.8 Å². The molecule has 0 bridgehead atoms. The van der Waals surface area contributed by atoms with Crippen molar-refractivity contribution in [3.05, 3.63) is 53.9 Å². The summed E-state index contributed by atoms with van der Waals surface area (Å²) in [5.41, 5.74) is 1.16. The van der Waals surface area contributed by atoms with Crippen LogP contribution in [-0.2, 0) is 10.0 Å². The predicted molar refractivity (Wildman–Crippen MR) is 118 cm³/mol. The quantitative estimate of drug-likeness (QED) is 0.415. The first kappa shape index (κ1) is 20.3.